The Hall–Kier alpha value is -1.39. The number of hydrogen-bond donors (Lipinski definition) is 1. The second-order valence-corrected chi connectivity index (χ2v) is 5.86. The number of carboxylic acid groups (broad SMARTS) is 1. The van der Waals surface area contributed by atoms with E-state index in [2.05, 4.69) is 36.9 Å². The standard InChI is InChI=1S/C17H25NO3/c1-13-4-3-5-14(2)16(13)12-18-9-6-15(7-10-18)21-11-8-17(19)20/h3-5,15H,6-12H2,1-2H3,(H,19,20). The van der Waals surface area contributed by atoms with Gasteiger partial charge in [0.15, 0.2) is 0 Å². The lowest BCUT2D eigenvalue weighted by Gasteiger charge is -2.32. The van der Waals surface area contributed by atoms with Crippen molar-refractivity contribution >= 4 is 5.97 Å². The van der Waals surface area contributed by atoms with Crippen molar-refractivity contribution in [2.75, 3.05) is 19.7 Å². The molecule has 0 bridgehead atoms. The van der Waals surface area contributed by atoms with Crippen LogP contribution in [-0.4, -0.2) is 41.8 Å². The number of rotatable bonds is 6. The molecule has 0 saturated carbocycles. The molecule has 2 rings (SSSR count). The summed E-state index contributed by atoms with van der Waals surface area (Å²) in [4.78, 5) is 12.9. The van der Waals surface area contributed by atoms with Crippen LogP contribution < -0.4 is 0 Å². The molecule has 21 heavy (non-hydrogen) atoms. The quantitative estimate of drug-likeness (QED) is 0.875. The van der Waals surface area contributed by atoms with Crippen LogP contribution in [0, 0.1) is 13.8 Å². The van der Waals surface area contributed by atoms with Crippen LogP contribution in [0.15, 0.2) is 18.2 Å². The molecule has 1 saturated heterocycles. The van der Waals surface area contributed by atoms with E-state index in [4.69, 9.17) is 9.84 Å². The first-order chi connectivity index (χ1) is 10.1. The van der Waals surface area contributed by atoms with Gasteiger partial charge in [0.2, 0.25) is 0 Å². The number of carbonyl (C=O) groups is 1. The van der Waals surface area contributed by atoms with Crippen molar-refractivity contribution in [2.45, 2.75) is 45.8 Å². The fourth-order valence-corrected chi connectivity index (χ4v) is 2.87. The van der Waals surface area contributed by atoms with Crippen molar-refractivity contribution in [3.8, 4) is 0 Å². The second kappa shape index (κ2) is 7.57. The molecule has 1 N–H and O–H groups in total. The minimum absolute atomic E-state index is 0.0998. The molecule has 0 unspecified atom stereocenters. The number of benzene rings is 1. The number of piperidine rings is 1. The molecular formula is C17H25NO3. The van der Waals surface area contributed by atoms with E-state index in [1.54, 1.807) is 0 Å². The Morgan fingerprint density at radius 1 is 1.29 bits per heavy atom. The van der Waals surface area contributed by atoms with Crippen molar-refractivity contribution in [3.63, 3.8) is 0 Å². The van der Waals surface area contributed by atoms with E-state index in [1.165, 1.54) is 16.7 Å². The molecular weight excluding hydrogens is 266 g/mol. The number of hydrogen-bond acceptors (Lipinski definition) is 3. The van der Waals surface area contributed by atoms with Crippen molar-refractivity contribution in [1.29, 1.82) is 0 Å². The number of likely N-dealkylation sites (tertiary alicyclic amines) is 1. The maximum Gasteiger partial charge on any atom is 0.305 e. The van der Waals surface area contributed by atoms with Crippen LogP contribution in [0.2, 0.25) is 0 Å². The van der Waals surface area contributed by atoms with Gasteiger partial charge < -0.3 is 9.84 Å². The molecule has 1 fully saturated rings. The van der Waals surface area contributed by atoms with Gasteiger partial charge in [-0.05, 0) is 43.4 Å². The average molecular weight is 291 g/mol. The molecule has 116 valence electrons. The molecule has 0 amide bonds. The summed E-state index contributed by atoms with van der Waals surface area (Å²) < 4.78 is 5.63. The van der Waals surface area contributed by atoms with Gasteiger partial charge in [0.05, 0.1) is 19.1 Å². The smallest absolute Gasteiger partial charge is 0.305 e. The average Bonchev–Trinajstić information content (AvgIpc) is 2.44. The van der Waals surface area contributed by atoms with Gasteiger partial charge >= 0.3 is 5.97 Å². The first-order valence-electron chi connectivity index (χ1n) is 7.67. The molecule has 0 atom stereocenters. The monoisotopic (exact) mass is 291 g/mol. The highest BCUT2D eigenvalue weighted by atomic mass is 16.5. The zero-order valence-corrected chi connectivity index (χ0v) is 13.0. The van der Waals surface area contributed by atoms with Gasteiger partial charge in [0.25, 0.3) is 0 Å². The number of aryl methyl sites for hydroxylation is 2. The van der Waals surface area contributed by atoms with Crippen molar-refractivity contribution in [1.82, 2.24) is 4.90 Å². The Kier molecular flexibility index (Phi) is 5.76. The normalized spacial score (nSPS) is 17.0. The first kappa shape index (κ1) is 16.0. The molecule has 0 aromatic heterocycles. The number of nitrogens with zero attached hydrogens (tertiary/aromatic N) is 1. The Balaban J connectivity index is 1.78. The van der Waals surface area contributed by atoms with Crippen LogP contribution >= 0.6 is 0 Å². The number of aliphatic carboxylic acids is 1. The molecule has 4 heteroatoms. The first-order valence-corrected chi connectivity index (χ1v) is 7.67. The zero-order valence-electron chi connectivity index (χ0n) is 13.0. The third-order valence-electron chi connectivity index (χ3n) is 4.23. The summed E-state index contributed by atoms with van der Waals surface area (Å²) in [5.74, 6) is -0.789. The maximum absolute atomic E-state index is 10.5. The van der Waals surface area contributed by atoms with Crippen LogP contribution in [0.3, 0.4) is 0 Å². The lowest BCUT2D eigenvalue weighted by atomic mass is 10.0. The van der Waals surface area contributed by atoms with E-state index in [1.807, 2.05) is 0 Å². The summed E-state index contributed by atoms with van der Waals surface area (Å²) in [5, 5.41) is 8.61. The van der Waals surface area contributed by atoms with E-state index in [0.717, 1.165) is 32.5 Å². The fourth-order valence-electron chi connectivity index (χ4n) is 2.87. The summed E-state index contributed by atoms with van der Waals surface area (Å²) in [6.45, 7) is 7.71. The Morgan fingerprint density at radius 2 is 1.90 bits per heavy atom. The van der Waals surface area contributed by atoms with Crippen LogP contribution in [0.5, 0.6) is 0 Å². The van der Waals surface area contributed by atoms with E-state index in [0.29, 0.717) is 6.61 Å². The molecule has 1 aliphatic rings. The minimum atomic E-state index is -0.789. The van der Waals surface area contributed by atoms with E-state index in [-0.39, 0.29) is 12.5 Å². The molecule has 0 aliphatic carbocycles. The van der Waals surface area contributed by atoms with Crippen molar-refractivity contribution in [3.05, 3.63) is 34.9 Å². The van der Waals surface area contributed by atoms with E-state index < -0.39 is 5.97 Å². The SMILES string of the molecule is Cc1cccc(C)c1CN1CCC(OCCC(=O)O)CC1. The summed E-state index contributed by atoms with van der Waals surface area (Å²) in [6, 6.07) is 6.45. The highest BCUT2D eigenvalue weighted by Gasteiger charge is 2.20. The highest BCUT2D eigenvalue weighted by molar-refractivity contribution is 5.66. The summed E-state index contributed by atoms with van der Waals surface area (Å²) >= 11 is 0. The van der Waals surface area contributed by atoms with Crippen LogP contribution in [0.4, 0.5) is 0 Å². The zero-order chi connectivity index (χ0) is 15.2. The maximum atomic E-state index is 10.5. The molecule has 1 heterocycles. The van der Waals surface area contributed by atoms with Crippen LogP contribution in [-0.2, 0) is 16.1 Å². The molecule has 0 radical (unpaired) electrons. The minimum Gasteiger partial charge on any atom is -0.481 e. The molecule has 1 aliphatic heterocycles. The molecule has 1 aromatic rings. The topological polar surface area (TPSA) is 49.8 Å². The predicted molar refractivity (Wildman–Crippen MR) is 82.4 cm³/mol. The summed E-state index contributed by atoms with van der Waals surface area (Å²) in [6.07, 6.45) is 2.30. The van der Waals surface area contributed by atoms with Crippen molar-refractivity contribution < 1.29 is 14.6 Å². The van der Waals surface area contributed by atoms with Gasteiger partial charge in [0.1, 0.15) is 0 Å². The predicted octanol–water partition coefficient (Wildman–Crippen LogP) is 2.76. The summed E-state index contributed by atoms with van der Waals surface area (Å²) in [7, 11) is 0. The lowest BCUT2D eigenvalue weighted by molar-refractivity contribution is -0.138. The van der Waals surface area contributed by atoms with Crippen molar-refractivity contribution in [2.24, 2.45) is 0 Å². The third-order valence-corrected chi connectivity index (χ3v) is 4.23. The lowest BCUT2D eigenvalue weighted by Crippen LogP contribution is -2.37. The molecule has 4 nitrogen and oxygen atoms in total. The molecule has 1 aromatic carbocycles. The van der Waals surface area contributed by atoms with Crippen LogP contribution in [0.1, 0.15) is 36.0 Å². The van der Waals surface area contributed by atoms with Gasteiger partial charge in [-0.1, -0.05) is 18.2 Å². The van der Waals surface area contributed by atoms with Gasteiger partial charge in [-0.2, -0.15) is 0 Å². The van der Waals surface area contributed by atoms with E-state index in [9.17, 15) is 4.79 Å². The van der Waals surface area contributed by atoms with Gasteiger partial charge in [-0.3, -0.25) is 9.69 Å². The number of ether oxygens (including phenoxy) is 1. The second-order valence-electron chi connectivity index (χ2n) is 5.86. The van der Waals surface area contributed by atoms with Crippen LogP contribution in [0.25, 0.3) is 0 Å². The third kappa shape index (κ3) is 4.83. The fraction of sp³-hybridized carbons (Fsp3) is 0.588. The van der Waals surface area contributed by atoms with E-state index >= 15 is 0 Å². The summed E-state index contributed by atoms with van der Waals surface area (Å²) in [5.41, 5.74) is 4.15. The Morgan fingerprint density at radius 3 is 2.48 bits per heavy atom. The van der Waals surface area contributed by atoms with Gasteiger partial charge in [-0.15, -0.1) is 0 Å². The molecule has 0 spiro atoms. The Labute approximate surface area is 126 Å². The van der Waals surface area contributed by atoms with Gasteiger partial charge in [-0.25, -0.2) is 0 Å². The Bertz CT molecular complexity index is 459. The number of carboxylic acids is 1. The largest absolute Gasteiger partial charge is 0.481 e. The van der Waals surface area contributed by atoms with Gasteiger partial charge in [0, 0.05) is 19.6 Å². The highest BCUT2D eigenvalue weighted by Crippen LogP contribution is 2.20.